The van der Waals surface area contributed by atoms with E-state index in [9.17, 15) is 0 Å². The maximum absolute atomic E-state index is 4.18. The lowest BCUT2D eigenvalue weighted by Gasteiger charge is -2.26. The molecular formula is C17H22N4. The van der Waals surface area contributed by atoms with Crippen LogP contribution in [0.25, 0.3) is 0 Å². The Kier molecular flexibility index (Phi) is 4.36. The zero-order chi connectivity index (χ0) is 14.5. The third-order valence-corrected chi connectivity index (χ3v) is 3.96. The molecule has 2 aromatic rings. The summed E-state index contributed by atoms with van der Waals surface area (Å²) in [5.41, 5.74) is 2.72. The minimum atomic E-state index is 1.02. The van der Waals surface area contributed by atoms with Gasteiger partial charge in [-0.25, -0.2) is 0 Å². The van der Waals surface area contributed by atoms with Gasteiger partial charge >= 0.3 is 0 Å². The van der Waals surface area contributed by atoms with E-state index in [4.69, 9.17) is 0 Å². The largest absolute Gasteiger partial charge is 0.344 e. The lowest BCUT2D eigenvalue weighted by molar-refractivity contribution is 0.298. The summed E-state index contributed by atoms with van der Waals surface area (Å²) in [6.45, 7) is 3.26. The van der Waals surface area contributed by atoms with E-state index in [0.717, 1.165) is 38.3 Å². The third kappa shape index (κ3) is 3.73. The second kappa shape index (κ2) is 6.59. The highest BCUT2D eigenvalue weighted by Crippen LogP contribution is 2.15. The van der Waals surface area contributed by atoms with Gasteiger partial charge in [0.2, 0.25) is 0 Å². The molecule has 0 saturated carbocycles. The van der Waals surface area contributed by atoms with Gasteiger partial charge in [-0.2, -0.15) is 5.10 Å². The Labute approximate surface area is 126 Å². The first-order chi connectivity index (χ1) is 10.3. The van der Waals surface area contributed by atoms with Gasteiger partial charge in [0.25, 0.3) is 0 Å². The number of aromatic nitrogens is 2. The molecule has 1 aromatic carbocycles. The van der Waals surface area contributed by atoms with Crippen molar-refractivity contribution in [3.05, 3.63) is 59.9 Å². The van der Waals surface area contributed by atoms with Gasteiger partial charge in [-0.3, -0.25) is 9.58 Å². The van der Waals surface area contributed by atoms with Crippen LogP contribution in [-0.2, 0) is 13.5 Å². The summed E-state index contributed by atoms with van der Waals surface area (Å²) in [6.07, 6.45) is 6.30. The molecule has 1 aliphatic heterocycles. The average molecular weight is 282 g/mol. The molecule has 0 spiro atoms. The van der Waals surface area contributed by atoms with Crippen molar-refractivity contribution in [2.24, 2.45) is 7.05 Å². The van der Waals surface area contributed by atoms with Crippen molar-refractivity contribution < 1.29 is 0 Å². The predicted octanol–water partition coefficient (Wildman–Crippen LogP) is 2.66. The molecule has 0 atom stereocenters. The van der Waals surface area contributed by atoms with Gasteiger partial charge in [-0.1, -0.05) is 36.4 Å². The molecule has 0 bridgehead atoms. The molecule has 0 amide bonds. The first-order valence-electron chi connectivity index (χ1n) is 7.51. The molecule has 4 heteroatoms. The first kappa shape index (κ1) is 13.9. The van der Waals surface area contributed by atoms with Gasteiger partial charge in [-0.05, 0) is 18.4 Å². The molecule has 4 nitrogen and oxygen atoms in total. The summed E-state index contributed by atoms with van der Waals surface area (Å²) in [5.74, 6) is 1.05. The fourth-order valence-electron chi connectivity index (χ4n) is 2.62. The van der Waals surface area contributed by atoms with Gasteiger partial charge < -0.3 is 5.32 Å². The van der Waals surface area contributed by atoms with Crippen LogP contribution in [0.5, 0.6) is 0 Å². The number of hydrogen-bond donors (Lipinski definition) is 1. The second-order valence-electron chi connectivity index (χ2n) is 5.48. The normalized spacial score (nSPS) is 15.8. The van der Waals surface area contributed by atoms with Crippen molar-refractivity contribution in [1.29, 1.82) is 0 Å². The number of rotatable bonds is 5. The minimum absolute atomic E-state index is 1.02. The van der Waals surface area contributed by atoms with Crippen LogP contribution in [-0.4, -0.2) is 34.3 Å². The van der Waals surface area contributed by atoms with Crippen LogP contribution < -0.4 is 5.32 Å². The highest BCUT2D eigenvalue weighted by atomic mass is 15.3. The SMILES string of the molecule is Cn1nccc1NC1=CCN(CCc2ccccc2)CC1. The topological polar surface area (TPSA) is 33.1 Å². The molecule has 2 heterocycles. The van der Waals surface area contributed by atoms with Crippen LogP contribution in [0, 0.1) is 0 Å². The van der Waals surface area contributed by atoms with Crippen LogP contribution in [0.1, 0.15) is 12.0 Å². The molecule has 0 radical (unpaired) electrons. The maximum Gasteiger partial charge on any atom is 0.128 e. The Hall–Kier alpha value is -2.07. The zero-order valence-corrected chi connectivity index (χ0v) is 12.5. The molecule has 110 valence electrons. The molecule has 0 saturated heterocycles. The standard InChI is InChI=1S/C17H22N4/c1-20-17(7-11-18-20)19-16-9-13-21(14-10-16)12-8-15-5-3-2-4-6-15/h2-7,9,11,19H,8,10,12-14H2,1H3. The van der Waals surface area contributed by atoms with E-state index in [0.29, 0.717) is 0 Å². The zero-order valence-electron chi connectivity index (χ0n) is 12.5. The highest BCUT2D eigenvalue weighted by molar-refractivity contribution is 5.41. The summed E-state index contributed by atoms with van der Waals surface area (Å²) < 4.78 is 1.86. The monoisotopic (exact) mass is 282 g/mol. The molecule has 0 unspecified atom stereocenters. The van der Waals surface area contributed by atoms with E-state index in [1.807, 2.05) is 24.0 Å². The van der Waals surface area contributed by atoms with Crippen molar-refractivity contribution >= 4 is 5.82 Å². The molecule has 0 aliphatic carbocycles. The minimum Gasteiger partial charge on any atom is -0.344 e. The Morgan fingerprint density at radius 1 is 1.19 bits per heavy atom. The van der Waals surface area contributed by atoms with Crippen LogP contribution in [0.15, 0.2) is 54.4 Å². The van der Waals surface area contributed by atoms with E-state index in [1.165, 1.54) is 11.3 Å². The Bertz CT molecular complexity index is 600. The second-order valence-corrected chi connectivity index (χ2v) is 5.48. The van der Waals surface area contributed by atoms with Crippen molar-refractivity contribution in [2.45, 2.75) is 12.8 Å². The first-order valence-corrected chi connectivity index (χ1v) is 7.51. The highest BCUT2D eigenvalue weighted by Gasteiger charge is 2.12. The number of nitrogens with one attached hydrogen (secondary N) is 1. The van der Waals surface area contributed by atoms with Gasteiger partial charge in [-0.15, -0.1) is 0 Å². The van der Waals surface area contributed by atoms with Crippen LogP contribution in [0.4, 0.5) is 5.82 Å². The van der Waals surface area contributed by atoms with Crippen molar-refractivity contribution in [2.75, 3.05) is 25.0 Å². The van der Waals surface area contributed by atoms with Gasteiger partial charge in [0.1, 0.15) is 5.82 Å². The van der Waals surface area contributed by atoms with E-state index in [-0.39, 0.29) is 0 Å². The van der Waals surface area contributed by atoms with Gasteiger partial charge in [0, 0.05) is 38.4 Å². The van der Waals surface area contributed by atoms with Crippen molar-refractivity contribution in [3.8, 4) is 0 Å². The summed E-state index contributed by atoms with van der Waals surface area (Å²) in [7, 11) is 1.96. The molecule has 21 heavy (non-hydrogen) atoms. The third-order valence-electron chi connectivity index (χ3n) is 3.96. The predicted molar refractivity (Wildman–Crippen MR) is 86.1 cm³/mol. The van der Waals surface area contributed by atoms with E-state index in [1.54, 1.807) is 0 Å². The Morgan fingerprint density at radius 3 is 2.71 bits per heavy atom. The van der Waals surface area contributed by atoms with Gasteiger partial charge in [0.15, 0.2) is 0 Å². The number of benzene rings is 1. The maximum atomic E-state index is 4.18. The fourth-order valence-corrected chi connectivity index (χ4v) is 2.62. The van der Waals surface area contributed by atoms with Crippen LogP contribution >= 0.6 is 0 Å². The molecule has 1 aromatic heterocycles. The molecule has 1 aliphatic rings. The number of nitrogens with zero attached hydrogens (tertiary/aromatic N) is 3. The van der Waals surface area contributed by atoms with Crippen molar-refractivity contribution in [3.63, 3.8) is 0 Å². The molecule has 0 fully saturated rings. The fraction of sp³-hybridized carbons (Fsp3) is 0.353. The lowest BCUT2D eigenvalue weighted by atomic mass is 10.1. The van der Waals surface area contributed by atoms with Crippen LogP contribution in [0.3, 0.4) is 0 Å². The molecular weight excluding hydrogens is 260 g/mol. The van der Waals surface area contributed by atoms with E-state index in [2.05, 4.69) is 51.7 Å². The molecule has 1 N–H and O–H groups in total. The van der Waals surface area contributed by atoms with Crippen LogP contribution in [0.2, 0.25) is 0 Å². The van der Waals surface area contributed by atoms with E-state index < -0.39 is 0 Å². The summed E-state index contributed by atoms with van der Waals surface area (Å²) in [4.78, 5) is 2.50. The quantitative estimate of drug-likeness (QED) is 0.915. The number of hydrogen-bond acceptors (Lipinski definition) is 3. The number of anilines is 1. The van der Waals surface area contributed by atoms with Crippen molar-refractivity contribution in [1.82, 2.24) is 14.7 Å². The summed E-state index contributed by atoms with van der Waals surface area (Å²) in [5, 5.41) is 7.63. The average Bonchev–Trinajstić information content (AvgIpc) is 2.93. The lowest BCUT2D eigenvalue weighted by Crippen LogP contribution is -2.32. The summed E-state index contributed by atoms with van der Waals surface area (Å²) >= 11 is 0. The smallest absolute Gasteiger partial charge is 0.128 e. The Morgan fingerprint density at radius 2 is 2.05 bits per heavy atom. The Balaban J connectivity index is 1.49. The summed E-state index contributed by atoms with van der Waals surface area (Å²) in [6, 6.07) is 12.7. The number of aryl methyl sites for hydroxylation is 1. The van der Waals surface area contributed by atoms with E-state index >= 15 is 0 Å². The molecule has 3 rings (SSSR count). The van der Waals surface area contributed by atoms with Gasteiger partial charge in [0.05, 0.1) is 6.20 Å².